The molecule has 1 spiro atoms. The average molecular weight is 360 g/mol. The Labute approximate surface area is 136 Å². The van der Waals surface area contributed by atoms with Crippen LogP contribution in [0.5, 0.6) is 0 Å². The van der Waals surface area contributed by atoms with E-state index in [-0.39, 0.29) is 10.5 Å². The van der Waals surface area contributed by atoms with Crippen LogP contribution >= 0.6 is 0 Å². The molecule has 24 heavy (non-hydrogen) atoms. The van der Waals surface area contributed by atoms with E-state index in [9.17, 15) is 22.0 Å². The van der Waals surface area contributed by atoms with Crippen molar-refractivity contribution in [2.75, 3.05) is 31.6 Å². The Bertz CT molecular complexity index is 812. The largest absolute Gasteiger partial charge is 0.338 e. The number of fused-ring (bicyclic) bond motifs is 2. The van der Waals surface area contributed by atoms with Crippen molar-refractivity contribution in [2.45, 2.75) is 23.0 Å². The summed E-state index contributed by atoms with van der Waals surface area (Å²) in [6.45, 7) is -1.10. The van der Waals surface area contributed by atoms with E-state index >= 15 is 0 Å². The Morgan fingerprint density at radius 1 is 1.17 bits per heavy atom. The molecule has 3 aliphatic rings. The number of nitrogens with zero attached hydrogens (tertiary/aromatic N) is 1. The quantitative estimate of drug-likeness (QED) is 0.846. The van der Waals surface area contributed by atoms with Crippen molar-refractivity contribution < 1.29 is 31.5 Å². The molecule has 1 aromatic carbocycles. The summed E-state index contributed by atoms with van der Waals surface area (Å²) in [4.78, 5) is 12.1. The first-order valence-corrected chi connectivity index (χ1v) is 8.81. The molecule has 0 aliphatic carbocycles. The lowest BCUT2D eigenvalue weighted by atomic mass is 10.1. The number of hydrogen-bond acceptors (Lipinski definition) is 5. The number of halogens is 2. The van der Waals surface area contributed by atoms with Gasteiger partial charge in [-0.1, -0.05) is 0 Å². The van der Waals surface area contributed by atoms with E-state index in [1.807, 2.05) is 0 Å². The molecule has 7 nitrogen and oxygen atoms in total. The van der Waals surface area contributed by atoms with Gasteiger partial charge < -0.3 is 14.8 Å². The summed E-state index contributed by atoms with van der Waals surface area (Å²) in [5.41, 5.74) is 0.635. The van der Waals surface area contributed by atoms with Gasteiger partial charge in [0.25, 0.3) is 17.6 Å². The first-order chi connectivity index (χ1) is 11.2. The number of alkyl halides is 2. The van der Waals surface area contributed by atoms with E-state index in [1.165, 1.54) is 18.2 Å². The Morgan fingerprint density at radius 2 is 1.83 bits per heavy atom. The molecule has 0 unspecified atom stereocenters. The van der Waals surface area contributed by atoms with Crippen molar-refractivity contribution in [3.05, 3.63) is 23.8 Å². The summed E-state index contributed by atoms with van der Waals surface area (Å²) in [5, 5.41) is 2.59. The zero-order chi connectivity index (χ0) is 17.2. The number of rotatable bonds is 2. The van der Waals surface area contributed by atoms with Crippen molar-refractivity contribution in [2.24, 2.45) is 0 Å². The van der Waals surface area contributed by atoms with Gasteiger partial charge in [0, 0.05) is 5.56 Å². The van der Waals surface area contributed by atoms with Crippen LogP contribution in [-0.2, 0) is 30.1 Å². The molecule has 0 atom stereocenters. The number of carbonyl (C=O) groups excluding carboxylic acids is 1. The van der Waals surface area contributed by atoms with E-state index in [4.69, 9.17) is 9.47 Å². The van der Waals surface area contributed by atoms with Crippen molar-refractivity contribution in [1.29, 1.82) is 0 Å². The van der Waals surface area contributed by atoms with E-state index in [0.29, 0.717) is 29.6 Å². The number of benzene rings is 1. The summed E-state index contributed by atoms with van der Waals surface area (Å²) in [6, 6.07) is 3.94. The minimum absolute atomic E-state index is 0.176. The second kappa shape index (κ2) is 4.94. The topological polar surface area (TPSA) is 84.9 Å². The first kappa shape index (κ1) is 15.9. The van der Waals surface area contributed by atoms with E-state index in [0.717, 1.165) is 0 Å². The minimum Gasteiger partial charge on any atom is -0.338 e. The number of hydrogen-bond donors (Lipinski definition) is 1. The number of sulfonamides is 1. The maximum atomic E-state index is 13.0. The second-order valence-electron chi connectivity index (χ2n) is 5.96. The molecule has 2 fully saturated rings. The van der Waals surface area contributed by atoms with Crippen LogP contribution in [0.25, 0.3) is 0 Å². The summed E-state index contributed by atoms with van der Waals surface area (Å²) in [7, 11) is -4.06. The van der Waals surface area contributed by atoms with Crippen LogP contribution < -0.4 is 5.32 Å². The standard InChI is InChI=1S/C14H14F2N2O5S/c15-13(16)7-18(8-13)24(20,21)9-2-3-11-10(6-9)14(12(19)17-11)22-4-1-5-23-14/h2-3,6H,1,4-5,7-8H2,(H,17,19). The number of nitrogens with one attached hydrogen (secondary N) is 1. The average Bonchev–Trinajstić information content (AvgIpc) is 2.77. The molecule has 3 heterocycles. The molecule has 0 aromatic heterocycles. The molecule has 1 aromatic rings. The lowest BCUT2D eigenvalue weighted by molar-refractivity contribution is -0.255. The van der Waals surface area contributed by atoms with Crippen LogP contribution in [-0.4, -0.2) is 50.9 Å². The lowest BCUT2D eigenvalue weighted by Crippen LogP contribution is -2.58. The third-order valence-corrected chi connectivity index (χ3v) is 6.03. The third-order valence-electron chi connectivity index (χ3n) is 4.25. The Hall–Kier alpha value is -1.62. The van der Waals surface area contributed by atoms with Crippen LogP contribution in [0.2, 0.25) is 0 Å². The van der Waals surface area contributed by atoms with Gasteiger partial charge in [-0.2, -0.15) is 4.31 Å². The molecule has 130 valence electrons. The predicted molar refractivity (Wildman–Crippen MR) is 77.0 cm³/mol. The molecule has 2 saturated heterocycles. The van der Waals surface area contributed by atoms with Gasteiger partial charge in [-0.15, -0.1) is 0 Å². The van der Waals surface area contributed by atoms with Gasteiger partial charge in [0.2, 0.25) is 10.0 Å². The van der Waals surface area contributed by atoms with E-state index in [1.54, 1.807) is 0 Å². The van der Waals surface area contributed by atoms with Gasteiger partial charge >= 0.3 is 0 Å². The highest BCUT2D eigenvalue weighted by atomic mass is 32.2. The zero-order valence-corrected chi connectivity index (χ0v) is 13.2. The van der Waals surface area contributed by atoms with Gasteiger partial charge in [0.1, 0.15) is 0 Å². The number of carbonyl (C=O) groups is 1. The Morgan fingerprint density at radius 3 is 2.46 bits per heavy atom. The van der Waals surface area contributed by atoms with Gasteiger partial charge in [-0.05, 0) is 24.6 Å². The second-order valence-corrected chi connectivity index (χ2v) is 7.90. The summed E-state index contributed by atoms with van der Waals surface area (Å²) < 4.78 is 62.6. The molecule has 1 N–H and O–H groups in total. The molecule has 0 bridgehead atoms. The maximum absolute atomic E-state index is 13.0. The van der Waals surface area contributed by atoms with Crippen LogP contribution in [0.1, 0.15) is 12.0 Å². The van der Waals surface area contributed by atoms with Gasteiger partial charge in [0.05, 0.1) is 36.9 Å². The summed E-state index contributed by atoms with van der Waals surface area (Å²) in [5.74, 6) is -5.20. The van der Waals surface area contributed by atoms with Crippen molar-refractivity contribution in [3.63, 3.8) is 0 Å². The molecule has 3 aliphatic heterocycles. The molecule has 0 radical (unpaired) electrons. The van der Waals surface area contributed by atoms with E-state index in [2.05, 4.69) is 5.32 Å². The normalized spacial score (nSPS) is 25.2. The zero-order valence-electron chi connectivity index (χ0n) is 12.4. The number of ether oxygens (including phenoxy) is 2. The molecular formula is C14H14F2N2O5S. The molecule has 10 heteroatoms. The molecular weight excluding hydrogens is 346 g/mol. The molecule has 4 rings (SSSR count). The SMILES string of the molecule is O=C1Nc2ccc(S(=O)(=O)N3CC(F)(F)C3)cc2C12OCCCO2. The first-order valence-electron chi connectivity index (χ1n) is 7.37. The van der Waals surface area contributed by atoms with Crippen LogP contribution in [0.4, 0.5) is 14.5 Å². The lowest BCUT2D eigenvalue weighted by Gasteiger charge is -2.37. The molecule has 0 saturated carbocycles. The molecule has 1 amide bonds. The van der Waals surface area contributed by atoms with Crippen molar-refractivity contribution >= 4 is 21.6 Å². The van der Waals surface area contributed by atoms with Crippen molar-refractivity contribution in [3.8, 4) is 0 Å². The number of anilines is 1. The van der Waals surface area contributed by atoms with Crippen LogP contribution in [0, 0.1) is 0 Å². The summed E-state index contributed by atoms with van der Waals surface area (Å²) in [6.07, 6.45) is 0.616. The smallest absolute Gasteiger partial charge is 0.289 e. The monoisotopic (exact) mass is 360 g/mol. The van der Waals surface area contributed by atoms with Gasteiger partial charge in [-0.3, -0.25) is 4.79 Å². The Balaban J connectivity index is 1.73. The van der Waals surface area contributed by atoms with Gasteiger partial charge in [0.15, 0.2) is 0 Å². The highest BCUT2D eigenvalue weighted by Crippen LogP contribution is 2.43. The van der Waals surface area contributed by atoms with Crippen LogP contribution in [0.15, 0.2) is 23.1 Å². The van der Waals surface area contributed by atoms with Crippen LogP contribution in [0.3, 0.4) is 0 Å². The highest BCUT2D eigenvalue weighted by Gasteiger charge is 2.53. The summed E-state index contributed by atoms with van der Waals surface area (Å²) >= 11 is 0. The third kappa shape index (κ3) is 2.17. The minimum atomic E-state index is -4.06. The van der Waals surface area contributed by atoms with E-state index < -0.39 is 40.7 Å². The fraction of sp³-hybridized carbons (Fsp3) is 0.500. The highest BCUT2D eigenvalue weighted by molar-refractivity contribution is 7.89. The fourth-order valence-electron chi connectivity index (χ4n) is 3.00. The maximum Gasteiger partial charge on any atom is 0.289 e. The number of amides is 1. The predicted octanol–water partition coefficient (Wildman–Crippen LogP) is 0.868. The van der Waals surface area contributed by atoms with Gasteiger partial charge in [-0.25, -0.2) is 17.2 Å². The fourth-order valence-corrected chi connectivity index (χ4v) is 4.52. The van der Waals surface area contributed by atoms with Crippen molar-refractivity contribution in [1.82, 2.24) is 4.31 Å². The Kier molecular flexibility index (Phi) is 3.27.